The lowest BCUT2D eigenvalue weighted by Crippen LogP contribution is -2.49. The number of nitrogens with zero attached hydrogens (tertiary/aromatic N) is 4. The zero-order valence-corrected chi connectivity index (χ0v) is 26.3. The largest absolute Gasteiger partial charge is 0.354 e. The molecule has 240 valence electrons. The normalized spacial score (nSPS) is 22.7. The summed E-state index contributed by atoms with van der Waals surface area (Å²) in [5.41, 5.74) is 6.02. The Morgan fingerprint density at radius 3 is 2.34 bits per heavy atom. The van der Waals surface area contributed by atoms with Gasteiger partial charge in [0.05, 0.1) is 4.90 Å². The number of anilines is 2. The molecule has 0 bridgehead atoms. The fourth-order valence-electron chi connectivity index (χ4n) is 6.24. The number of amides is 2. The number of hydrogen-bond donors (Lipinski definition) is 2. The highest BCUT2D eigenvalue weighted by atomic mass is 35.5. The van der Waals surface area contributed by atoms with Crippen LogP contribution in [0.2, 0.25) is 5.15 Å². The minimum absolute atomic E-state index is 0.0254. The van der Waals surface area contributed by atoms with Gasteiger partial charge in [0.25, 0.3) is 5.92 Å². The summed E-state index contributed by atoms with van der Waals surface area (Å²) in [6, 6.07) is 8.68. The maximum atomic E-state index is 15.8. The monoisotopic (exact) mass is 652 g/mol. The van der Waals surface area contributed by atoms with E-state index in [1.54, 1.807) is 28.9 Å². The highest BCUT2D eigenvalue weighted by molar-refractivity contribution is 7.89. The van der Waals surface area contributed by atoms with E-state index in [2.05, 4.69) is 10.3 Å². The number of alkyl halides is 2. The lowest BCUT2D eigenvalue weighted by atomic mass is 9.77. The fraction of sp³-hybridized carbons (Fsp3) is 0.567. The lowest BCUT2D eigenvalue weighted by molar-refractivity contribution is -0.129. The SMILES string of the molecule is CC(CN)NC(=O)[C@H]1CC[C@H](C(F)(F)c2cc(Cl)nc(N3CCN(S(=O)(=O)c4ccc(N5CCCC5=O)cc4)CC3)c2)CC1. The van der Waals surface area contributed by atoms with Crippen LogP contribution in [0, 0.1) is 11.8 Å². The topological polar surface area (TPSA) is 129 Å². The van der Waals surface area contributed by atoms with Gasteiger partial charge in [0.1, 0.15) is 11.0 Å². The maximum absolute atomic E-state index is 15.8. The number of pyridine rings is 1. The van der Waals surface area contributed by atoms with Crippen molar-refractivity contribution in [1.82, 2.24) is 14.6 Å². The number of halogens is 3. The van der Waals surface area contributed by atoms with Crippen molar-refractivity contribution in [3.8, 4) is 0 Å². The first-order chi connectivity index (χ1) is 20.9. The van der Waals surface area contributed by atoms with Crippen LogP contribution in [-0.4, -0.2) is 74.8 Å². The third-order valence-electron chi connectivity index (χ3n) is 8.94. The van der Waals surface area contributed by atoms with E-state index in [-0.39, 0.29) is 84.2 Å². The minimum Gasteiger partial charge on any atom is -0.354 e. The molecule has 1 atom stereocenters. The van der Waals surface area contributed by atoms with E-state index in [9.17, 15) is 18.0 Å². The smallest absolute Gasteiger partial charge is 0.276 e. The van der Waals surface area contributed by atoms with Crippen LogP contribution in [0.5, 0.6) is 0 Å². The van der Waals surface area contributed by atoms with Gasteiger partial charge in [-0.1, -0.05) is 11.6 Å². The third kappa shape index (κ3) is 6.85. The Labute approximate surface area is 262 Å². The quantitative estimate of drug-likeness (QED) is 0.395. The van der Waals surface area contributed by atoms with Gasteiger partial charge in [-0.05, 0) is 75.4 Å². The summed E-state index contributed by atoms with van der Waals surface area (Å²) in [7, 11) is -3.79. The summed E-state index contributed by atoms with van der Waals surface area (Å²) in [6.45, 7) is 3.52. The van der Waals surface area contributed by atoms with Gasteiger partial charge < -0.3 is 20.9 Å². The van der Waals surface area contributed by atoms with Gasteiger partial charge in [-0.15, -0.1) is 0 Å². The Bertz CT molecular complexity index is 1460. The first-order valence-corrected chi connectivity index (χ1v) is 16.9. The second kappa shape index (κ2) is 13.2. The van der Waals surface area contributed by atoms with Crippen LogP contribution in [0.4, 0.5) is 20.3 Å². The van der Waals surface area contributed by atoms with Crippen LogP contribution in [0.1, 0.15) is 51.0 Å². The van der Waals surface area contributed by atoms with Crippen LogP contribution in [0.25, 0.3) is 0 Å². The summed E-state index contributed by atoms with van der Waals surface area (Å²) in [5.74, 6) is -4.28. The Kier molecular flexibility index (Phi) is 9.78. The minimum atomic E-state index is -3.79. The van der Waals surface area contributed by atoms with Crippen molar-refractivity contribution in [3.63, 3.8) is 0 Å². The Morgan fingerprint density at radius 2 is 1.75 bits per heavy atom. The first-order valence-electron chi connectivity index (χ1n) is 15.1. The molecule has 2 aliphatic heterocycles. The number of carbonyl (C=O) groups is 2. The van der Waals surface area contributed by atoms with Crippen molar-refractivity contribution in [2.75, 3.05) is 49.1 Å². The standard InChI is InChI=1S/C30H39ClF2N6O4S/c1-20(19-34)35-29(41)21-4-6-22(7-5-21)30(32,33)23-17-26(31)36-27(18-23)37-13-15-38(16-14-37)44(42,43)25-10-8-24(9-11-25)39-12-2-3-28(39)40/h8-11,17-18,20-22H,2-7,12-16,19,34H2,1H3,(H,35,41)/t20?,21-,22-. The Hall–Kier alpha value is -2.87. The molecule has 0 radical (unpaired) electrons. The molecule has 1 aromatic carbocycles. The second-order valence-electron chi connectivity index (χ2n) is 11.9. The molecule has 5 rings (SSSR count). The van der Waals surface area contributed by atoms with Crippen LogP contribution >= 0.6 is 11.6 Å². The summed E-state index contributed by atoms with van der Waals surface area (Å²) in [5, 5.41) is 2.77. The third-order valence-corrected chi connectivity index (χ3v) is 11.0. The van der Waals surface area contributed by atoms with Crippen molar-refractivity contribution >= 4 is 44.9 Å². The van der Waals surface area contributed by atoms with E-state index in [0.717, 1.165) is 6.42 Å². The zero-order valence-electron chi connectivity index (χ0n) is 24.7. The number of rotatable bonds is 9. The molecule has 44 heavy (non-hydrogen) atoms. The second-order valence-corrected chi connectivity index (χ2v) is 14.2. The van der Waals surface area contributed by atoms with E-state index in [1.807, 2.05) is 0 Å². The van der Waals surface area contributed by atoms with Crippen molar-refractivity contribution < 1.29 is 26.8 Å². The predicted octanol–water partition coefficient (Wildman–Crippen LogP) is 3.73. The van der Waals surface area contributed by atoms with Gasteiger partial charge in [-0.3, -0.25) is 9.59 Å². The molecule has 3 heterocycles. The average Bonchev–Trinajstić information content (AvgIpc) is 3.46. The number of nitrogens with two attached hydrogens (primary N) is 1. The molecule has 2 amide bonds. The number of hydrogen-bond acceptors (Lipinski definition) is 7. The summed E-state index contributed by atoms with van der Waals surface area (Å²) in [6.07, 6.45) is 2.39. The first kappa shape index (κ1) is 32.5. The molecular formula is C30H39ClF2N6O4S. The Balaban J connectivity index is 1.21. The van der Waals surface area contributed by atoms with Crippen LogP contribution in [0.3, 0.4) is 0 Å². The van der Waals surface area contributed by atoms with Crippen LogP contribution in [-0.2, 0) is 25.5 Å². The van der Waals surface area contributed by atoms with Gasteiger partial charge in [0, 0.05) is 74.8 Å². The Morgan fingerprint density at radius 1 is 1.09 bits per heavy atom. The van der Waals surface area contributed by atoms with Crippen LogP contribution in [0.15, 0.2) is 41.3 Å². The van der Waals surface area contributed by atoms with E-state index < -0.39 is 21.9 Å². The molecule has 1 aliphatic carbocycles. The number of sulfonamides is 1. The number of aromatic nitrogens is 1. The molecule has 1 saturated carbocycles. The van der Waals surface area contributed by atoms with Gasteiger partial charge in [-0.2, -0.15) is 4.31 Å². The summed E-state index contributed by atoms with van der Waals surface area (Å²) < 4.78 is 59.6. The number of benzene rings is 1. The molecule has 14 heteroatoms. The molecule has 1 unspecified atom stereocenters. The summed E-state index contributed by atoms with van der Waals surface area (Å²) >= 11 is 6.23. The van der Waals surface area contributed by atoms with Gasteiger partial charge in [0.2, 0.25) is 21.8 Å². The molecule has 3 aliphatic rings. The molecule has 3 N–H and O–H groups in total. The highest BCUT2D eigenvalue weighted by Gasteiger charge is 2.44. The van der Waals surface area contributed by atoms with E-state index in [1.165, 1.54) is 28.6 Å². The molecule has 2 aromatic rings. The van der Waals surface area contributed by atoms with Crippen molar-refractivity contribution in [3.05, 3.63) is 47.1 Å². The van der Waals surface area contributed by atoms with E-state index >= 15 is 8.78 Å². The molecule has 2 saturated heterocycles. The molecule has 10 nitrogen and oxygen atoms in total. The predicted molar refractivity (Wildman–Crippen MR) is 164 cm³/mol. The van der Waals surface area contributed by atoms with Crippen molar-refractivity contribution in [1.29, 1.82) is 0 Å². The zero-order chi connectivity index (χ0) is 31.6. The number of piperazine rings is 1. The number of nitrogens with one attached hydrogen (secondary N) is 1. The van der Waals surface area contributed by atoms with Gasteiger partial charge >= 0.3 is 0 Å². The van der Waals surface area contributed by atoms with Gasteiger partial charge in [0.15, 0.2) is 0 Å². The molecule has 3 fully saturated rings. The molecular weight excluding hydrogens is 614 g/mol. The van der Waals surface area contributed by atoms with Gasteiger partial charge in [-0.25, -0.2) is 22.2 Å². The lowest BCUT2D eigenvalue weighted by Gasteiger charge is -2.36. The van der Waals surface area contributed by atoms with Crippen molar-refractivity contribution in [2.24, 2.45) is 17.6 Å². The van der Waals surface area contributed by atoms with E-state index in [0.29, 0.717) is 38.0 Å². The molecule has 1 aromatic heterocycles. The molecule has 0 spiro atoms. The fourth-order valence-corrected chi connectivity index (χ4v) is 7.86. The highest BCUT2D eigenvalue weighted by Crippen LogP contribution is 2.46. The summed E-state index contributed by atoms with van der Waals surface area (Å²) in [4.78, 5) is 32.3. The van der Waals surface area contributed by atoms with E-state index in [4.69, 9.17) is 17.3 Å². The number of carbonyl (C=O) groups excluding carboxylic acids is 2. The maximum Gasteiger partial charge on any atom is 0.276 e. The van der Waals surface area contributed by atoms with Crippen molar-refractivity contribution in [2.45, 2.75) is 62.3 Å². The van der Waals surface area contributed by atoms with Crippen LogP contribution < -0.4 is 20.9 Å². The average molecular weight is 653 g/mol.